The van der Waals surface area contributed by atoms with E-state index in [1.54, 1.807) is 30.3 Å². The number of anilines is 1. The molecule has 0 radical (unpaired) electrons. The summed E-state index contributed by atoms with van der Waals surface area (Å²) < 4.78 is 5.56. The molecule has 0 saturated carbocycles. The number of carboxylic acid groups (broad SMARTS) is 1. The lowest BCUT2D eigenvalue weighted by Crippen LogP contribution is -2.42. The molecule has 2 heterocycles. The summed E-state index contributed by atoms with van der Waals surface area (Å²) in [4.78, 5) is 41.5. The first-order chi connectivity index (χ1) is 13.4. The summed E-state index contributed by atoms with van der Waals surface area (Å²) in [7, 11) is 0. The molecule has 2 amide bonds. The van der Waals surface area contributed by atoms with Gasteiger partial charge in [0.15, 0.2) is 5.76 Å². The van der Waals surface area contributed by atoms with Gasteiger partial charge in [-0.05, 0) is 36.4 Å². The van der Waals surface area contributed by atoms with Crippen molar-refractivity contribution in [3.05, 3.63) is 60.4 Å². The molecule has 28 heavy (non-hydrogen) atoms. The minimum Gasteiger partial charge on any atom is -0.480 e. The average molecular weight is 382 g/mol. The number of aliphatic carboxylic acids is 1. The van der Waals surface area contributed by atoms with E-state index in [-0.39, 0.29) is 18.1 Å². The highest BCUT2D eigenvalue weighted by Crippen LogP contribution is 2.24. The van der Waals surface area contributed by atoms with Gasteiger partial charge >= 0.3 is 5.97 Å². The lowest BCUT2D eigenvalue weighted by molar-refractivity contribution is -0.139. The molecule has 1 aromatic carbocycles. The van der Waals surface area contributed by atoms with Crippen LogP contribution in [0.1, 0.15) is 23.2 Å². The molecule has 0 bridgehead atoms. The SMILES string of the molecule is CC(=O)Nc1ccc(-c2ccc(C(=O)N[C@@H](Cc3cnc[nH]3)C(=O)O)o2)cc1. The fourth-order valence-corrected chi connectivity index (χ4v) is 2.58. The Bertz CT molecular complexity index is 976. The van der Waals surface area contributed by atoms with Crippen LogP contribution in [0.15, 0.2) is 53.3 Å². The predicted molar refractivity (Wildman–Crippen MR) is 99.6 cm³/mol. The van der Waals surface area contributed by atoms with E-state index in [0.29, 0.717) is 22.7 Å². The Morgan fingerprint density at radius 1 is 1.18 bits per heavy atom. The van der Waals surface area contributed by atoms with E-state index in [0.717, 1.165) is 0 Å². The number of nitrogens with zero attached hydrogens (tertiary/aromatic N) is 1. The van der Waals surface area contributed by atoms with Crippen LogP contribution in [-0.2, 0) is 16.0 Å². The maximum Gasteiger partial charge on any atom is 0.326 e. The van der Waals surface area contributed by atoms with Crippen molar-refractivity contribution in [3.8, 4) is 11.3 Å². The number of carboxylic acids is 1. The average Bonchev–Trinajstić information content (AvgIpc) is 3.33. The number of amides is 2. The summed E-state index contributed by atoms with van der Waals surface area (Å²) >= 11 is 0. The van der Waals surface area contributed by atoms with Crippen LogP contribution < -0.4 is 10.6 Å². The molecule has 1 atom stereocenters. The van der Waals surface area contributed by atoms with Crippen molar-refractivity contribution in [3.63, 3.8) is 0 Å². The van der Waals surface area contributed by atoms with Gasteiger partial charge in [0.05, 0.1) is 6.33 Å². The van der Waals surface area contributed by atoms with Gasteiger partial charge < -0.3 is 25.1 Å². The summed E-state index contributed by atoms with van der Waals surface area (Å²) in [5.74, 6) is -1.53. The van der Waals surface area contributed by atoms with E-state index in [9.17, 15) is 19.5 Å². The molecule has 9 nitrogen and oxygen atoms in total. The summed E-state index contributed by atoms with van der Waals surface area (Å²) in [6.07, 6.45) is 3.00. The topological polar surface area (TPSA) is 137 Å². The van der Waals surface area contributed by atoms with Crippen molar-refractivity contribution in [2.75, 3.05) is 5.32 Å². The quantitative estimate of drug-likeness (QED) is 0.493. The highest BCUT2D eigenvalue weighted by molar-refractivity contribution is 5.95. The number of carbonyl (C=O) groups excluding carboxylic acids is 2. The standard InChI is InChI=1S/C19H18N4O5/c1-11(24)22-13-4-2-12(3-5-13)16-6-7-17(28-16)18(25)23-15(19(26)27)8-14-9-20-10-21-14/h2-7,9-10,15H,8H2,1H3,(H,20,21)(H,22,24)(H,23,25)(H,26,27)/t15-/m0/s1. The zero-order chi connectivity index (χ0) is 20.1. The number of benzene rings is 1. The highest BCUT2D eigenvalue weighted by Gasteiger charge is 2.23. The number of nitrogens with one attached hydrogen (secondary N) is 3. The van der Waals surface area contributed by atoms with Crippen LogP contribution in [0.4, 0.5) is 5.69 Å². The van der Waals surface area contributed by atoms with E-state index in [4.69, 9.17) is 4.42 Å². The summed E-state index contributed by atoms with van der Waals surface area (Å²) in [5.41, 5.74) is 1.94. The Morgan fingerprint density at radius 2 is 1.93 bits per heavy atom. The van der Waals surface area contributed by atoms with Crippen molar-refractivity contribution in [2.45, 2.75) is 19.4 Å². The van der Waals surface area contributed by atoms with Gasteiger partial charge in [0, 0.05) is 36.5 Å². The van der Waals surface area contributed by atoms with Gasteiger partial charge in [-0.3, -0.25) is 9.59 Å². The molecular formula is C19H18N4O5. The largest absolute Gasteiger partial charge is 0.480 e. The number of furan rings is 1. The number of hydrogen-bond donors (Lipinski definition) is 4. The van der Waals surface area contributed by atoms with E-state index >= 15 is 0 Å². The molecule has 0 fully saturated rings. The van der Waals surface area contributed by atoms with Gasteiger partial charge in [-0.25, -0.2) is 9.78 Å². The van der Waals surface area contributed by atoms with Crippen molar-refractivity contribution in [1.29, 1.82) is 0 Å². The van der Waals surface area contributed by atoms with Crippen molar-refractivity contribution in [2.24, 2.45) is 0 Å². The Kier molecular flexibility index (Phi) is 5.54. The van der Waals surface area contributed by atoms with E-state index < -0.39 is 17.9 Å². The van der Waals surface area contributed by atoms with Crippen LogP contribution in [0.3, 0.4) is 0 Å². The molecule has 0 saturated heterocycles. The van der Waals surface area contributed by atoms with E-state index in [2.05, 4.69) is 20.6 Å². The Morgan fingerprint density at radius 3 is 2.54 bits per heavy atom. The minimum atomic E-state index is -1.16. The van der Waals surface area contributed by atoms with Gasteiger partial charge in [-0.15, -0.1) is 0 Å². The first-order valence-electron chi connectivity index (χ1n) is 8.41. The number of carbonyl (C=O) groups is 3. The molecule has 0 aliphatic rings. The maximum absolute atomic E-state index is 12.4. The lowest BCUT2D eigenvalue weighted by Gasteiger charge is -2.12. The second-order valence-corrected chi connectivity index (χ2v) is 6.07. The molecule has 144 valence electrons. The number of aromatic nitrogens is 2. The summed E-state index contributed by atoms with van der Waals surface area (Å²) in [6.45, 7) is 1.42. The maximum atomic E-state index is 12.4. The van der Waals surface area contributed by atoms with Gasteiger partial charge in [0.1, 0.15) is 11.8 Å². The van der Waals surface area contributed by atoms with Gasteiger partial charge in [0.2, 0.25) is 5.91 Å². The molecule has 3 rings (SSSR count). The number of H-pyrrole nitrogens is 1. The Hall–Kier alpha value is -3.88. The van der Waals surface area contributed by atoms with Crippen LogP contribution in [-0.4, -0.2) is 38.9 Å². The molecule has 0 aliphatic heterocycles. The van der Waals surface area contributed by atoms with Gasteiger partial charge in [-0.2, -0.15) is 0 Å². The summed E-state index contributed by atoms with van der Waals surface area (Å²) in [6, 6.07) is 8.87. The second kappa shape index (κ2) is 8.21. The normalized spacial score (nSPS) is 11.6. The number of imidazole rings is 1. The molecule has 0 unspecified atom stereocenters. The Balaban J connectivity index is 1.69. The van der Waals surface area contributed by atoms with Crippen molar-refractivity contribution in [1.82, 2.24) is 15.3 Å². The number of aromatic amines is 1. The third kappa shape index (κ3) is 4.64. The van der Waals surface area contributed by atoms with E-state index in [1.807, 2.05) is 0 Å². The monoisotopic (exact) mass is 382 g/mol. The highest BCUT2D eigenvalue weighted by atomic mass is 16.4. The van der Waals surface area contributed by atoms with Crippen LogP contribution in [0.5, 0.6) is 0 Å². The molecule has 3 aromatic rings. The third-order valence-electron chi connectivity index (χ3n) is 3.90. The number of rotatable bonds is 7. The number of hydrogen-bond acceptors (Lipinski definition) is 5. The smallest absolute Gasteiger partial charge is 0.326 e. The zero-order valence-corrected chi connectivity index (χ0v) is 14.9. The molecule has 4 N–H and O–H groups in total. The second-order valence-electron chi connectivity index (χ2n) is 6.07. The van der Waals surface area contributed by atoms with Crippen LogP contribution in [0, 0.1) is 0 Å². The van der Waals surface area contributed by atoms with Crippen LogP contribution in [0.25, 0.3) is 11.3 Å². The van der Waals surface area contributed by atoms with Gasteiger partial charge in [-0.1, -0.05) is 0 Å². The molecule has 9 heteroatoms. The molecule has 2 aromatic heterocycles. The first kappa shape index (κ1) is 18.9. The minimum absolute atomic E-state index is 0.00296. The Labute approximate surface area is 159 Å². The van der Waals surface area contributed by atoms with E-state index in [1.165, 1.54) is 25.5 Å². The molecule has 0 spiro atoms. The fraction of sp³-hybridized carbons (Fsp3) is 0.158. The fourth-order valence-electron chi connectivity index (χ4n) is 2.58. The first-order valence-corrected chi connectivity index (χ1v) is 8.41. The van der Waals surface area contributed by atoms with Crippen molar-refractivity contribution >= 4 is 23.5 Å². The zero-order valence-electron chi connectivity index (χ0n) is 14.9. The lowest BCUT2D eigenvalue weighted by atomic mass is 10.1. The molecule has 0 aliphatic carbocycles. The molecular weight excluding hydrogens is 364 g/mol. The van der Waals surface area contributed by atoms with Gasteiger partial charge in [0.25, 0.3) is 5.91 Å². The van der Waals surface area contributed by atoms with Crippen LogP contribution in [0.2, 0.25) is 0 Å². The predicted octanol–water partition coefficient (Wildman–Crippen LogP) is 2.05. The van der Waals surface area contributed by atoms with Crippen LogP contribution >= 0.6 is 0 Å². The van der Waals surface area contributed by atoms with Crippen molar-refractivity contribution < 1.29 is 23.9 Å². The summed E-state index contributed by atoms with van der Waals surface area (Å²) in [5, 5.41) is 14.4. The third-order valence-corrected chi connectivity index (χ3v) is 3.90.